The number of hydrogen-bond acceptors (Lipinski definition) is 2. The number of carbonyl (C=O) groups excluding carboxylic acids is 2. The van der Waals surface area contributed by atoms with Crippen LogP contribution in [0.4, 0.5) is 0 Å². The third-order valence-electron chi connectivity index (χ3n) is 2.57. The number of unbranched alkanes of at least 4 members (excludes halogenated alkanes) is 4. The largest absolute Gasteiger partial charge is 0.299 e. The van der Waals surface area contributed by atoms with Crippen molar-refractivity contribution in [2.24, 2.45) is 0 Å². The highest BCUT2D eigenvalue weighted by atomic mass is 79.9. The number of Topliss-reactive ketones (excluding diaryl/α,β-unsaturated/α-hetero) is 2. The van der Waals surface area contributed by atoms with E-state index in [2.05, 4.69) is 31.9 Å². The Labute approximate surface area is 121 Å². The van der Waals surface area contributed by atoms with Crippen molar-refractivity contribution in [2.75, 3.05) is 10.7 Å². The Hall–Kier alpha value is 0.300. The number of rotatable bonds is 12. The molecule has 0 aromatic heterocycles. The van der Waals surface area contributed by atoms with Crippen LogP contribution in [0.5, 0.6) is 0 Å². The van der Waals surface area contributed by atoms with Crippen LogP contribution in [0.25, 0.3) is 0 Å². The molecule has 0 heterocycles. The Morgan fingerprint density at radius 2 is 1.06 bits per heavy atom. The minimum Gasteiger partial charge on any atom is -0.299 e. The van der Waals surface area contributed by atoms with Crippen LogP contribution in [0.15, 0.2) is 0 Å². The zero-order valence-corrected chi connectivity index (χ0v) is 13.5. The lowest BCUT2D eigenvalue weighted by Gasteiger charge is -2.01. The van der Waals surface area contributed by atoms with Crippen LogP contribution in [0.1, 0.15) is 57.8 Å². The molecule has 0 N–H and O–H groups in total. The van der Waals surface area contributed by atoms with Crippen molar-refractivity contribution in [2.45, 2.75) is 57.8 Å². The summed E-state index contributed by atoms with van der Waals surface area (Å²) in [6.07, 6.45) is 7.47. The van der Waals surface area contributed by atoms with Crippen LogP contribution in [0, 0.1) is 0 Å². The van der Waals surface area contributed by atoms with Gasteiger partial charge in [-0.25, -0.2) is 0 Å². The predicted octanol–water partition coefficient (Wildman–Crippen LogP) is 4.43. The second-order valence-corrected chi connectivity index (χ2v) is 5.84. The maximum Gasteiger partial charge on any atom is 0.140 e. The standard InChI is InChI=1S/C13H22Br2O2/c14-9-5-1-3-7-12(16)11-13(17)8-4-2-6-10-15/h1-11H2. The first-order chi connectivity index (χ1) is 8.20. The van der Waals surface area contributed by atoms with E-state index in [1.807, 2.05) is 0 Å². The summed E-state index contributed by atoms with van der Waals surface area (Å²) < 4.78 is 0. The van der Waals surface area contributed by atoms with Gasteiger partial charge in [-0.15, -0.1) is 0 Å². The fourth-order valence-electron chi connectivity index (χ4n) is 1.58. The van der Waals surface area contributed by atoms with Gasteiger partial charge in [-0.1, -0.05) is 44.7 Å². The molecule has 0 amide bonds. The van der Waals surface area contributed by atoms with E-state index in [-0.39, 0.29) is 18.0 Å². The van der Waals surface area contributed by atoms with Gasteiger partial charge in [0.2, 0.25) is 0 Å². The third kappa shape index (κ3) is 12.5. The first-order valence-corrected chi connectivity index (χ1v) is 8.60. The average molecular weight is 370 g/mol. The van der Waals surface area contributed by atoms with E-state index in [4.69, 9.17) is 0 Å². The molecule has 0 aromatic rings. The Balaban J connectivity index is 3.42. The zero-order chi connectivity index (χ0) is 12.9. The summed E-state index contributed by atoms with van der Waals surface area (Å²) in [6, 6.07) is 0. The molecular formula is C13H22Br2O2. The molecule has 0 aromatic carbocycles. The molecule has 0 saturated carbocycles. The third-order valence-corrected chi connectivity index (χ3v) is 3.69. The second kappa shape index (κ2) is 12.7. The lowest BCUT2D eigenvalue weighted by molar-refractivity contribution is -0.127. The van der Waals surface area contributed by atoms with Crippen LogP contribution in [0.2, 0.25) is 0 Å². The molecule has 0 radical (unpaired) electrons. The van der Waals surface area contributed by atoms with E-state index in [0.29, 0.717) is 12.8 Å². The van der Waals surface area contributed by atoms with Gasteiger partial charge in [0, 0.05) is 23.5 Å². The molecule has 2 nitrogen and oxygen atoms in total. The molecule has 0 bridgehead atoms. The van der Waals surface area contributed by atoms with Gasteiger partial charge in [0.05, 0.1) is 6.42 Å². The summed E-state index contributed by atoms with van der Waals surface area (Å²) >= 11 is 6.71. The second-order valence-electron chi connectivity index (χ2n) is 4.25. The van der Waals surface area contributed by atoms with Crippen molar-refractivity contribution in [3.8, 4) is 0 Å². The highest BCUT2D eigenvalue weighted by Crippen LogP contribution is 2.08. The smallest absolute Gasteiger partial charge is 0.140 e. The zero-order valence-electron chi connectivity index (χ0n) is 10.4. The van der Waals surface area contributed by atoms with Crippen LogP contribution in [-0.2, 0) is 9.59 Å². The molecule has 0 saturated heterocycles. The molecule has 17 heavy (non-hydrogen) atoms. The molecule has 4 heteroatoms. The molecule has 0 aliphatic heterocycles. The van der Waals surface area contributed by atoms with Gasteiger partial charge >= 0.3 is 0 Å². The monoisotopic (exact) mass is 368 g/mol. The summed E-state index contributed by atoms with van der Waals surface area (Å²) in [6.45, 7) is 0. The first kappa shape index (κ1) is 17.3. The predicted molar refractivity (Wildman–Crippen MR) is 79.2 cm³/mol. The molecule has 0 aliphatic rings. The van der Waals surface area contributed by atoms with Gasteiger partial charge in [0.1, 0.15) is 11.6 Å². The summed E-state index contributed by atoms with van der Waals surface area (Å²) in [5, 5.41) is 1.99. The number of hydrogen-bond donors (Lipinski definition) is 0. The minimum atomic E-state index is 0.116. The number of carbonyl (C=O) groups is 2. The van der Waals surface area contributed by atoms with Crippen molar-refractivity contribution in [3.05, 3.63) is 0 Å². The Morgan fingerprint density at radius 1 is 0.647 bits per heavy atom. The topological polar surface area (TPSA) is 34.1 Å². The van der Waals surface area contributed by atoms with Gasteiger partial charge in [0.15, 0.2) is 0 Å². The summed E-state index contributed by atoms with van der Waals surface area (Å²) in [5.41, 5.74) is 0. The van der Waals surface area contributed by atoms with E-state index in [9.17, 15) is 9.59 Å². The Bertz CT molecular complexity index is 195. The van der Waals surface area contributed by atoms with E-state index < -0.39 is 0 Å². The Morgan fingerprint density at radius 3 is 1.41 bits per heavy atom. The molecule has 0 unspecified atom stereocenters. The van der Waals surface area contributed by atoms with Gasteiger partial charge in [-0.3, -0.25) is 9.59 Å². The number of halogens is 2. The first-order valence-electron chi connectivity index (χ1n) is 6.36. The lowest BCUT2D eigenvalue weighted by atomic mass is 10.0. The van der Waals surface area contributed by atoms with Crippen LogP contribution < -0.4 is 0 Å². The minimum absolute atomic E-state index is 0.116. The van der Waals surface area contributed by atoms with Gasteiger partial charge in [0.25, 0.3) is 0 Å². The Kier molecular flexibility index (Phi) is 13.0. The lowest BCUT2D eigenvalue weighted by Crippen LogP contribution is -2.07. The quantitative estimate of drug-likeness (QED) is 0.290. The number of alkyl halides is 2. The summed E-state index contributed by atoms with van der Waals surface area (Å²) in [5.74, 6) is 0.232. The van der Waals surface area contributed by atoms with E-state index in [1.165, 1.54) is 0 Å². The van der Waals surface area contributed by atoms with Gasteiger partial charge in [-0.2, -0.15) is 0 Å². The van der Waals surface area contributed by atoms with Crippen LogP contribution in [0.3, 0.4) is 0 Å². The van der Waals surface area contributed by atoms with E-state index >= 15 is 0 Å². The summed E-state index contributed by atoms with van der Waals surface area (Å²) in [7, 11) is 0. The summed E-state index contributed by atoms with van der Waals surface area (Å²) in [4.78, 5) is 22.9. The van der Waals surface area contributed by atoms with Gasteiger partial charge in [-0.05, 0) is 25.7 Å². The van der Waals surface area contributed by atoms with Gasteiger partial charge < -0.3 is 0 Å². The van der Waals surface area contributed by atoms with Crippen molar-refractivity contribution in [3.63, 3.8) is 0 Å². The maximum atomic E-state index is 11.5. The molecule has 0 rings (SSSR count). The normalized spacial score (nSPS) is 10.5. The van der Waals surface area contributed by atoms with Crippen LogP contribution >= 0.6 is 31.9 Å². The van der Waals surface area contributed by atoms with Crippen molar-refractivity contribution >= 4 is 43.4 Å². The van der Waals surface area contributed by atoms with Crippen LogP contribution in [-0.4, -0.2) is 22.2 Å². The molecule has 100 valence electrons. The average Bonchev–Trinajstić information content (AvgIpc) is 2.30. The molecule has 0 atom stereocenters. The number of ketones is 2. The highest BCUT2D eigenvalue weighted by Gasteiger charge is 2.08. The van der Waals surface area contributed by atoms with Crippen molar-refractivity contribution < 1.29 is 9.59 Å². The van der Waals surface area contributed by atoms with E-state index in [1.54, 1.807) is 0 Å². The molecule has 0 aliphatic carbocycles. The van der Waals surface area contributed by atoms with E-state index in [0.717, 1.165) is 49.2 Å². The molecule has 0 spiro atoms. The highest BCUT2D eigenvalue weighted by molar-refractivity contribution is 9.09. The van der Waals surface area contributed by atoms with Crippen molar-refractivity contribution in [1.29, 1.82) is 0 Å². The fraction of sp³-hybridized carbons (Fsp3) is 0.846. The fourth-order valence-corrected chi connectivity index (χ4v) is 2.38. The SMILES string of the molecule is O=C(CCCCCBr)CC(=O)CCCCCBr. The maximum absolute atomic E-state index is 11.5. The molecular weight excluding hydrogens is 348 g/mol. The molecule has 0 fully saturated rings. The van der Waals surface area contributed by atoms with Crippen molar-refractivity contribution in [1.82, 2.24) is 0 Å².